The Labute approximate surface area is 93.7 Å². The number of thioether (sulfide) groups is 2. The van der Waals surface area contributed by atoms with E-state index >= 15 is 0 Å². The molecule has 3 heteroatoms. The average molecular weight is 230 g/mol. The van der Waals surface area contributed by atoms with Gasteiger partial charge in [0.2, 0.25) is 0 Å². The predicted molar refractivity (Wildman–Crippen MR) is 64.7 cm³/mol. The van der Waals surface area contributed by atoms with E-state index in [0.29, 0.717) is 0 Å². The summed E-state index contributed by atoms with van der Waals surface area (Å²) in [6.45, 7) is 0. The van der Waals surface area contributed by atoms with Crippen molar-refractivity contribution in [1.29, 1.82) is 0 Å². The highest BCUT2D eigenvalue weighted by Crippen LogP contribution is 2.20. The molecule has 0 amide bonds. The van der Waals surface area contributed by atoms with Crippen LogP contribution in [0.1, 0.15) is 12.8 Å². The third-order valence-corrected chi connectivity index (χ3v) is 3.58. The number of hydrogen-bond donors (Lipinski definition) is 0. The van der Waals surface area contributed by atoms with Crippen LogP contribution >= 0.6 is 23.5 Å². The van der Waals surface area contributed by atoms with Gasteiger partial charge in [-0.2, -0.15) is 11.8 Å². The van der Waals surface area contributed by atoms with Crippen LogP contribution in [0.3, 0.4) is 0 Å². The van der Waals surface area contributed by atoms with Gasteiger partial charge in [-0.15, -0.1) is 11.8 Å². The van der Waals surface area contributed by atoms with Crippen molar-refractivity contribution in [3.05, 3.63) is 30.1 Å². The highest BCUT2D eigenvalue weighted by Gasteiger charge is 1.95. The Morgan fingerprint density at radius 1 is 1.21 bits per heavy atom. The highest BCUT2D eigenvalue weighted by molar-refractivity contribution is 7.99. The molecule has 0 bridgehead atoms. The minimum absolute atomic E-state index is 0.140. The fourth-order valence-electron chi connectivity index (χ4n) is 1.10. The van der Waals surface area contributed by atoms with Gasteiger partial charge in [-0.25, -0.2) is 4.39 Å². The van der Waals surface area contributed by atoms with Gasteiger partial charge in [0.15, 0.2) is 0 Å². The number of unbranched alkanes of at least 4 members (excludes halogenated alkanes) is 1. The maximum absolute atomic E-state index is 12.8. The molecule has 0 nitrogen and oxygen atoms in total. The van der Waals surface area contributed by atoms with Crippen LogP contribution in [-0.4, -0.2) is 17.8 Å². The van der Waals surface area contributed by atoms with Crippen LogP contribution in [-0.2, 0) is 0 Å². The van der Waals surface area contributed by atoms with Gasteiger partial charge in [0.05, 0.1) is 0 Å². The summed E-state index contributed by atoms with van der Waals surface area (Å²) in [4.78, 5) is 1.04. The molecule has 0 aliphatic heterocycles. The van der Waals surface area contributed by atoms with Gasteiger partial charge in [0.25, 0.3) is 0 Å². The number of halogens is 1. The third-order valence-electron chi connectivity index (χ3n) is 1.81. The zero-order valence-corrected chi connectivity index (χ0v) is 9.97. The standard InChI is InChI=1S/C11H15FS2/c1-13-7-2-3-8-14-11-6-4-5-10(12)9-11/h4-6,9H,2-3,7-8H2,1H3. The molecule has 0 unspecified atom stereocenters. The van der Waals surface area contributed by atoms with Crippen molar-refractivity contribution < 1.29 is 4.39 Å². The maximum Gasteiger partial charge on any atom is 0.124 e. The first-order valence-electron chi connectivity index (χ1n) is 4.70. The molecule has 78 valence electrons. The van der Waals surface area contributed by atoms with Gasteiger partial charge in [0, 0.05) is 4.90 Å². The zero-order chi connectivity index (χ0) is 10.2. The van der Waals surface area contributed by atoms with Crippen LogP contribution in [0, 0.1) is 5.82 Å². The fourth-order valence-corrected chi connectivity index (χ4v) is 2.54. The SMILES string of the molecule is CSCCCCSc1cccc(F)c1. The summed E-state index contributed by atoms with van der Waals surface area (Å²) in [5.74, 6) is 2.17. The molecule has 0 aliphatic rings. The van der Waals surface area contributed by atoms with Crippen LogP contribution in [0.25, 0.3) is 0 Å². The molecule has 0 aromatic heterocycles. The molecule has 0 spiro atoms. The van der Waals surface area contributed by atoms with Gasteiger partial charge < -0.3 is 0 Å². The van der Waals surface area contributed by atoms with E-state index in [2.05, 4.69) is 6.26 Å². The van der Waals surface area contributed by atoms with Crippen molar-refractivity contribution in [3.63, 3.8) is 0 Å². The predicted octanol–water partition coefficient (Wildman–Crippen LogP) is 4.06. The molecule has 0 atom stereocenters. The average Bonchev–Trinajstić information content (AvgIpc) is 2.18. The quantitative estimate of drug-likeness (QED) is 0.534. The second-order valence-corrected chi connectivity index (χ2v) is 5.16. The third kappa shape index (κ3) is 4.91. The van der Waals surface area contributed by atoms with Crippen LogP contribution in [0.5, 0.6) is 0 Å². The van der Waals surface area contributed by atoms with E-state index in [0.717, 1.165) is 10.6 Å². The van der Waals surface area contributed by atoms with Crippen LogP contribution < -0.4 is 0 Å². The molecule has 0 fully saturated rings. The van der Waals surface area contributed by atoms with E-state index < -0.39 is 0 Å². The molecule has 0 heterocycles. The molecule has 0 saturated carbocycles. The Morgan fingerprint density at radius 2 is 2.00 bits per heavy atom. The topological polar surface area (TPSA) is 0 Å². The normalized spacial score (nSPS) is 10.4. The minimum Gasteiger partial charge on any atom is -0.207 e. The van der Waals surface area contributed by atoms with Crippen molar-refractivity contribution in [3.8, 4) is 0 Å². The van der Waals surface area contributed by atoms with E-state index in [1.807, 2.05) is 17.8 Å². The second kappa shape index (κ2) is 7.18. The van der Waals surface area contributed by atoms with Gasteiger partial charge in [-0.3, -0.25) is 0 Å². The summed E-state index contributed by atoms with van der Waals surface area (Å²) in [6, 6.07) is 6.80. The Bertz CT molecular complexity index is 263. The molecular formula is C11H15FS2. The van der Waals surface area contributed by atoms with Gasteiger partial charge in [-0.1, -0.05) is 6.07 Å². The van der Waals surface area contributed by atoms with E-state index in [1.54, 1.807) is 23.9 Å². The van der Waals surface area contributed by atoms with Gasteiger partial charge in [-0.05, 0) is 48.8 Å². The van der Waals surface area contributed by atoms with Crippen LogP contribution in [0.4, 0.5) is 4.39 Å². The number of rotatable bonds is 6. The largest absolute Gasteiger partial charge is 0.207 e. The highest BCUT2D eigenvalue weighted by atomic mass is 32.2. The lowest BCUT2D eigenvalue weighted by molar-refractivity contribution is 0.624. The summed E-state index contributed by atoms with van der Waals surface area (Å²) in [5.41, 5.74) is 0. The van der Waals surface area contributed by atoms with Crippen LogP contribution in [0.2, 0.25) is 0 Å². The Hall–Kier alpha value is -0.150. The molecule has 14 heavy (non-hydrogen) atoms. The van der Waals surface area contributed by atoms with Crippen molar-refractivity contribution >= 4 is 23.5 Å². The Kier molecular flexibility index (Phi) is 6.12. The van der Waals surface area contributed by atoms with Gasteiger partial charge >= 0.3 is 0 Å². The second-order valence-electron chi connectivity index (χ2n) is 3.01. The first-order chi connectivity index (χ1) is 6.83. The van der Waals surface area contributed by atoms with Crippen LogP contribution in [0.15, 0.2) is 29.2 Å². The summed E-state index contributed by atoms with van der Waals surface area (Å²) in [6.07, 6.45) is 4.59. The molecule has 0 N–H and O–H groups in total. The first kappa shape index (κ1) is 11.9. The van der Waals surface area contributed by atoms with E-state index in [1.165, 1.54) is 24.7 Å². The molecule has 1 aromatic rings. The summed E-state index contributed by atoms with van der Waals surface area (Å²) in [5, 5.41) is 0. The Balaban J connectivity index is 2.18. The zero-order valence-electron chi connectivity index (χ0n) is 8.33. The van der Waals surface area contributed by atoms with Crippen molar-refractivity contribution in [1.82, 2.24) is 0 Å². The number of benzene rings is 1. The molecular weight excluding hydrogens is 215 g/mol. The molecule has 1 aromatic carbocycles. The minimum atomic E-state index is -0.140. The van der Waals surface area contributed by atoms with Crippen molar-refractivity contribution in [2.45, 2.75) is 17.7 Å². The van der Waals surface area contributed by atoms with Crippen molar-refractivity contribution in [2.75, 3.05) is 17.8 Å². The van der Waals surface area contributed by atoms with Gasteiger partial charge in [0.1, 0.15) is 5.82 Å². The van der Waals surface area contributed by atoms with E-state index in [9.17, 15) is 4.39 Å². The fraction of sp³-hybridized carbons (Fsp3) is 0.455. The molecule has 0 aliphatic carbocycles. The lowest BCUT2D eigenvalue weighted by Crippen LogP contribution is -1.83. The smallest absolute Gasteiger partial charge is 0.124 e. The monoisotopic (exact) mass is 230 g/mol. The lowest BCUT2D eigenvalue weighted by Gasteiger charge is -2.01. The molecule has 0 radical (unpaired) electrons. The molecule has 0 saturated heterocycles. The van der Waals surface area contributed by atoms with Crippen molar-refractivity contribution in [2.24, 2.45) is 0 Å². The molecule has 1 rings (SSSR count). The Morgan fingerprint density at radius 3 is 2.71 bits per heavy atom. The number of hydrogen-bond acceptors (Lipinski definition) is 2. The first-order valence-corrected chi connectivity index (χ1v) is 7.08. The lowest BCUT2D eigenvalue weighted by atomic mass is 10.3. The summed E-state index contributed by atoms with van der Waals surface area (Å²) < 4.78 is 12.8. The van der Waals surface area contributed by atoms with E-state index in [-0.39, 0.29) is 5.82 Å². The summed E-state index contributed by atoms with van der Waals surface area (Å²) >= 11 is 3.62. The summed E-state index contributed by atoms with van der Waals surface area (Å²) in [7, 11) is 0. The van der Waals surface area contributed by atoms with E-state index in [4.69, 9.17) is 0 Å². The maximum atomic E-state index is 12.8.